The molecule has 98 valence electrons. The van der Waals surface area contributed by atoms with Crippen LogP contribution in [0.1, 0.15) is 37.0 Å². The molecule has 1 aliphatic carbocycles. The van der Waals surface area contributed by atoms with Gasteiger partial charge in [-0.05, 0) is 38.8 Å². The highest BCUT2D eigenvalue weighted by molar-refractivity contribution is 5.97. The SMILES string of the molecule is CNC(=O)c1cccc(OC(C)C)c1OC1CC1. The van der Waals surface area contributed by atoms with E-state index in [2.05, 4.69) is 5.32 Å². The Kier molecular flexibility index (Phi) is 3.75. The van der Waals surface area contributed by atoms with Crippen molar-refractivity contribution in [2.24, 2.45) is 0 Å². The number of carbonyl (C=O) groups is 1. The van der Waals surface area contributed by atoms with Gasteiger partial charge in [0.15, 0.2) is 11.5 Å². The predicted molar refractivity (Wildman–Crippen MR) is 69.2 cm³/mol. The van der Waals surface area contributed by atoms with E-state index in [9.17, 15) is 4.79 Å². The van der Waals surface area contributed by atoms with Crippen LogP contribution in [0, 0.1) is 0 Å². The second-order valence-corrected chi connectivity index (χ2v) is 4.70. The molecular formula is C14H19NO3. The Morgan fingerprint density at radius 3 is 2.67 bits per heavy atom. The van der Waals surface area contributed by atoms with Gasteiger partial charge in [-0.25, -0.2) is 0 Å². The van der Waals surface area contributed by atoms with E-state index < -0.39 is 0 Å². The van der Waals surface area contributed by atoms with E-state index in [1.54, 1.807) is 13.1 Å². The van der Waals surface area contributed by atoms with Gasteiger partial charge in [-0.15, -0.1) is 0 Å². The van der Waals surface area contributed by atoms with Gasteiger partial charge >= 0.3 is 0 Å². The smallest absolute Gasteiger partial charge is 0.254 e. The fourth-order valence-corrected chi connectivity index (χ4v) is 1.65. The molecule has 1 aromatic carbocycles. The Labute approximate surface area is 107 Å². The summed E-state index contributed by atoms with van der Waals surface area (Å²) in [4.78, 5) is 11.8. The van der Waals surface area contributed by atoms with Crippen LogP contribution in [0.3, 0.4) is 0 Å². The number of hydrogen-bond acceptors (Lipinski definition) is 3. The van der Waals surface area contributed by atoms with Crippen molar-refractivity contribution >= 4 is 5.91 Å². The summed E-state index contributed by atoms with van der Waals surface area (Å²) in [5.41, 5.74) is 0.530. The van der Waals surface area contributed by atoms with E-state index in [1.165, 1.54) is 0 Å². The zero-order valence-corrected chi connectivity index (χ0v) is 11.0. The molecule has 2 rings (SSSR count). The van der Waals surface area contributed by atoms with E-state index in [4.69, 9.17) is 9.47 Å². The van der Waals surface area contributed by atoms with Crippen LogP contribution in [-0.4, -0.2) is 25.2 Å². The molecule has 0 saturated heterocycles. The summed E-state index contributed by atoms with van der Waals surface area (Å²) in [7, 11) is 1.61. The number of rotatable bonds is 5. The fraction of sp³-hybridized carbons (Fsp3) is 0.500. The van der Waals surface area contributed by atoms with Crippen molar-refractivity contribution in [3.63, 3.8) is 0 Å². The molecule has 0 heterocycles. The molecule has 1 amide bonds. The Hall–Kier alpha value is -1.71. The maximum Gasteiger partial charge on any atom is 0.254 e. The summed E-state index contributed by atoms with van der Waals surface area (Å²) >= 11 is 0. The summed E-state index contributed by atoms with van der Waals surface area (Å²) in [5, 5.41) is 2.62. The molecular weight excluding hydrogens is 230 g/mol. The van der Waals surface area contributed by atoms with Crippen molar-refractivity contribution in [2.45, 2.75) is 38.9 Å². The van der Waals surface area contributed by atoms with E-state index in [0.29, 0.717) is 17.1 Å². The molecule has 1 aromatic rings. The minimum absolute atomic E-state index is 0.0477. The fourth-order valence-electron chi connectivity index (χ4n) is 1.65. The van der Waals surface area contributed by atoms with Crippen LogP contribution < -0.4 is 14.8 Å². The topological polar surface area (TPSA) is 47.6 Å². The predicted octanol–water partition coefficient (Wildman–Crippen LogP) is 2.37. The summed E-state index contributed by atoms with van der Waals surface area (Å²) < 4.78 is 11.5. The van der Waals surface area contributed by atoms with Gasteiger partial charge in [-0.1, -0.05) is 6.07 Å². The van der Waals surface area contributed by atoms with Gasteiger partial charge in [0.25, 0.3) is 5.91 Å². The third-order valence-corrected chi connectivity index (χ3v) is 2.62. The molecule has 0 aliphatic heterocycles. The lowest BCUT2D eigenvalue weighted by Gasteiger charge is -2.17. The summed E-state index contributed by atoms with van der Waals surface area (Å²) in [5.74, 6) is 1.05. The Bertz CT molecular complexity index is 439. The molecule has 4 nitrogen and oxygen atoms in total. The minimum atomic E-state index is -0.153. The van der Waals surface area contributed by atoms with Crippen LogP contribution in [0.25, 0.3) is 0 Å². The first kappa shape index (κ1) is 12.7. The normalized spacial score (nSPS) is 14.4. The number of benzene rings is 1. The lowest BCUT2D eigenvalue weighted by Crippen LogP contribution is -2.20. The van der Waals surface area contributed by atoms with Gasteiger partial charge < -0.3 is 14.8 Å². The second-order valence-electron chi connectivity index (χ2n) is 4.70. The maximum atomic E-state index is 11.8. The van der Waals surface area contributed by atoms with Crippen molar-refractivity contribution in [1.29, 1.82) is 0 Å². The molecule has 18 heavy (non-hydrogen) atoms. The molecule has 0 spiro atoms. The van der Waals surface area contributed by atoms with Gasteiger partial charge in [0.2, 0.25) is 0 Å². The first-order valence-corrected chi connectivity index (χ1v) is 6.30. The van der Waals surface area contributed by atoms with Crippen molar-refractivity contribution in [3.05, 3.63) is 23.8 Å². The van der Waals surface area contributed by atoms with E-state index >= 15 is 0 Å². The van der Waals surface area contributed by atoms with Gasteiger partial charge in [0.1, 0.15) is 0 Å². The van der Waals surface area contributed by atoms with Crippen LogP contribution in [0.4, 0.5) is 0 Å². The molecule has 1 aliphatic rings. The van der Waals surface area contributed by atoms with E-state index in [1.807, 2.05) is 26.0 Å². The average Bonchev–Trinajstić information content (AvgIpc) is 3.13. The number of para-hydroxylation sites is 1. The second kappa shape index (κ2) is 5.29. The first-order chi connectivity index (χ1) is 8.61. The van der Waals surface area contributed by atoms with Crippen molar-refractivity contribution < 1.29 is 14.3 Å². The third kappa shape index (κ3) is 2.94. The largest absolute Gasteiger partial charge is 0.487 e. The quantitative estimate of drug-likeness (QED) is 0.871. The summed E-state index contributed by atoms with van der Waals surface area (Å²) in [6.45, 7) is 3.90. The third-order valence-electron chi connectivity index (χ3n) is 2.62. The minimum Gasteiger partial charge on any atom is -0.487 e. The molecule has 1 N–H and O–H groups in total. The molecule has 0 aromatic heterocycles. The molecule has 1 fully saturated rings. The van der Waals surface area contributed by atoms with Gasteiger partial charge in [0, 0.05) is 7.05 Å². The van der Waals surface area contributed by atoms with Crippen LogP contribution >= 0.6 is 0 Å². The van der Waals surface area contributed by atoms with Crippen LogP contribution in [0.5, 0.6) is 11.5 Å². The standard InChI is InChI=1S/C14H19NO3/c1-9(2)17-12-6-4-5-11(14(16)15-3)13(12)18-10-7-8-10/h4-6,9-10H,7-8H2,1-3H3,(H,15,16). The zero-order valence-electron chi connectivity index (χ0n) is 11.0. The molecule has 0 radical (unpaired) electrons. The number of carbonyl (C=O) groups excluding carboxylic acids is 1. The Morgan fingerprint density at radius 1 is 1.39 bits per heavy atom. The lowest BCUT2D eigenvalue weighted by molar-refractivity contribution is 0.0957. The zero-order chi connectivity index (χ0) is 13.1. The number of ether oxygens (including phenoxy) is 2. The van der Waals surface area contributed by atoms with E-state index in [-0.39, 0.29) is 18.1 Å². The Morgan fingerprint density at radius 2 is 2.11 bits per heavy atom. The van der Waals surface area contributed by atoms with Gasteiger partial charge in [-0.3, -0.25) is 4.79 Å². The lowest BCUT2D eigenvalue weighted by atomic mass is 10.1. The Balaban J connectivity index is 2.34. The van der Waals surface area contributed by atoms with Crippen molar-refractivity contribution in [3.8, 4) is 11.5 Å². The number of hydrogen-bond donors (Lipinski definition) is 1. The maximum absolute atomic E-state index is 11.8. The highest BCUT2D eigenvalue weighted by atomic mass is 16.5. The van der Waals surface area contributed by atoms with Crippen molar-refractivity contribution in [1.82, 2.24) is 5.32 Å². The molecule has 0 atom stereocenters. The monoisotopic (exact) mass is 249 g/mol. The molecule has 4 heteroatoms. The van der Waals surface area contributed by atoms with Crippen LogP contribution in [0.15, 0.2) is 18.2 Å². The molecule has 0 bridgehead atoms. The number of amides is 1. The van der Waals surface area contributed by atoms with Crippen molar-refractivity contribution in [2.75, 3.05) is 7.05 Å². The van der Waals surface area contributed by atoms with Crippen LogP contribution in [-0.2, 0) is 0 Å². The molecule has 0 unspecified atom stereocenters. The summed E-state index contributed by atoms with van der Waals surface area (Å²) in [6, 6.07) is 5.40. The van der Waals surface area contributed by atoms with Gasteiger partial charge in [0.05, 0.1) is 17.8 Å². The molecule has 1 saturated carbocycles. The number of nitrogens with one attached hydrogen (secondary N) is 1. The highest BCUT2D eigenvalue weighted by Gasteiger charge is 2.27. The van der Waals surface area contributed by atoms with Gasteiger partial charge in [-0.2, -0.15) is 0 Å². The summed E-state index contributed by atoms with van der Waals surface area (Å²) in [6.07, 6.45) is 2.36. The first-order valence-electron chi connectivity index (χ1n) is 6.30. The van der Waals surface area contributed by atoms with Crippen LogP contribution in [0.2, 0.25) is 0 Å². The highest BCUT2D eigenvalue weighted by Crippen LogP contribution is 2.37. The van der Waals surface area contributed by atoms with E-state index in [0.717, 1.165) is 12.8 Å². The average molecular weight is 249 g/mol.